The van der Waals surface area contributed by atoms with Crippen molar-refractivity contribution >= 4 is 11.9 Å². The summed E-state index contributed by atoms with van der Waals surface area (Å²) in [6.45, 7) is 0.820. The van der Waals surface area contributed by atoms with Crippen molar-refractivity contribution in [2.45, 2.75) is 6.42 Å². The van der Waals surface area contributed by atoms with Crippen LogP contribution in [0.1, 0.15) is 5.56 Å². The number of aromatic nitrogens is 3. The van der Waals surface area contributed by atoms with E-state index < -0.39 is 0 Å². The molecule has 0 aliphatic carbocycles. The third-order valence-corrected chi connectivity index (χ3v) is 2.93. The van der Waals surface area contributed by atoms with Crippen molar-refractivity contribution in [1.82, 2.24) is 15.0 Å². The van der Waals surface area contributed by atoms with Gasteiger partial charge in [0, 0.05) is 20.6 Å². The fraction of sp³-hybridized carbons (Fsp3) is 0.357. The molecule has 2 rings (SSSR count). The van der Waals surface area contributed by atoms with Crippen LogP contribution in [0, 0.1) is 0 Å². The summed E-state index contributed by atoms with van der Waals surface area (Å²) < 4.78 is 5.08. The molecule has 0 bridgehead atoms. The summed E-state index contributed by atoms with van der Waals surface area (Å²) in [4.78, 5) is 14.7. The van der Waals surface area contributed by atoms with E-state index in [0.717, 1.165) is 13.0 Å². The minimum Gasteiger partial charge on any atom is -0.467 e. The Morgan fingerprint density at radius 2 is 1.90 bits per heavy atom. The molecule has 0 spiro atoms. The van der Waals surface area contributed by atoms with Crippen molar-refractivity contribution in [3.63, 3.8) is 0 Å². The highest BCUT2D eigenvalue weighted by Gasteiger charge is 2.10. The van der Waals surface area contributed by atoms with Crippen LogP contribution in [0.5, 0.6) is 6.01 Å². The zero-order valence-corrected chi connectivity index (χ0v) is 12.0. The van der Waals surface area contributed by atoms with E-state index in [4.69, 9.17) is 4.74 Å². The van der Waals surface area contributed by atoms with Gasteiger partial charge in [-0.1, -0.05) is 30.3 Å². The first-order valence-corrected chi connectivity index (χ1v) is 6.46. The summed E-state index contributed by atoms with van der Waals surface area (Å²) in [5, 5.41) is 2.90. The number of hydrogen-bond acceptors (Lipinski definition) is 6. The Balaban J connectivity index is 2.06. The van der Waals surface area contributed by atoms with Gasteiger partial charge in [-0.2, -0.15) is 15.0 Å². The number of rotatable bonds is 6. The topological polar surface area (TPSA) is 63.2 Å². The van der Waals surface area contributed by atoms with E-state index in [1.165, 1.54) is 5.56 Å². The van der Waals surface area contributed by atoms with Crippen LogP contribution in [0.4, 0.5) is 11.9 Å². The van der Waals surface area contributed by atoms with Crippen molar-refractivity contribution in [1.29, 1.82) is 0 Å². The second-order valence-electron chi connectivity index (χ2n) is 4.35. The predicted molar refractivity (Wildman–Crippen MR) is 79.3 cm³/mol. The lowest BCUT2D eigenvalue weighted by atomic mass is 10.1. The molecular formula is C14H19N5O. The van der Waals surface area contributed by atoms with Crippen LogP contribution in [-0.4, -0.2) is 42.7 Å². The monoisotopic (exact) mass is 273 g/mol. The van der Waals surface area contributed by atoms with Gasteiger partial charge in [-0.05, 0) is 12.0 Å². The van der Waals surface area contributed by atoms with E-state index in [1.54, 1.807) is 14.2 Å². The normalized spacial score (nSPS) is 10.2. The van der Waals surface area contributed by atoms with Crippen molar-refractivity contribution in [3.8, 4) is 6.01 Å². The molecule has 2 aromatic rings. The van der Waals surface area contributed by atoms with Crippen LogP contribution < -0.4 is 15.0 Å². The third kappa shape index (κ3) is 3.57. The minimum atomic E-state index is 0.311. The number of hydrogen-bond donors (Lipinski definition) is 1. The van der Waals surface area contributed by atoms with Gasteiger partial charge in [-0.15, -0.1) is 0 Å². The molecular weight excluding hydrogens is 254 g/mol. The zero-order valence-electron chi connectivity index (χ0n) is 12.0. The average Bonchev–Trinajstić information content (AvgIpc) is 2.52. The Labute approximate surface area is 118 Å². The Morgan fingerprint density at radius 1 is 1.15 bits per heavy atom. The molecule has 106 valence electrons. The molecule has 0 aliphatic heterocycles. The van der Waals surface area contributed by atoms with E-state index in [2.05, 4.69) is 32.4 Å². The average molecular weight is 273 g/mol. The molecule has 0 amide bonds. The quantitative estimate of drug-likeness (QED) is 0.862. The summed E-state index contributed by atoms with van der Waals surface area (Å²) in [7, 11) is 5.27. The number of methoxy groups -OCH3 is 1. The lowest BCUT2D eigenvalue weighted by Crippen LogP contribution is -2.23. The highest BCUT2D eigenvalue weighted by atomic mass is 16.5. The van der Waals surface area contributed by atoms with Crippen molar-refractivity contribution in [2.75, 3.05) is 38.0 Å². The van der Waals surface area contributed by atoms with Crippen molar-refractivity contribution < 1.29 is 4.74 Å². The number of anilines is 2. The number of benzene rings is 1. The van der Waals surface area contributed by atoms with Crippen LogP contribution in [0.25, 0.3) is 0 Å². The first-order chi connectivity index (χ1) is 9.72. The Morgan fingerprint density at radius 3 is 2.55 bits per heavy atom. The van der Waals surface area contributed by atoms with Gasteiger partial charge in [0.1, 0.15) is 0 Å². The largest absolute Gasteiger partial charge is 0.467 e. The maximum atomic E-state index is 5.08. The highest BCUT2D eigenvalue weighted by Crippen LogP contribution is 2.13. The number of likely N-dealkylation sites (N-methyl/N-ethyl adjacent to an activating group) is 1. The molecule has 6 heteroatoms. The SMILES string of the molecule is CNc1nc(OC)nc(N(C)CCc2ccccc2)n1. The first kappa shape index (κ1) is 14.0. The van der Waals surface area contributed by atoms with Crippen LogP contribution in [0.15, 0.2) is 30.3 Å². The lowest BCUT2D eigenvalue weighted by molar-refractivity contribution is 0.379. The second kappa shape index (κ2) is 6.70. The van der Waals surface area contributed by atoms with Gasteiger partial charge < -0.3 is 15.0 Å². The highest BCUT2D eigenvalue weighted by molar-refractivity contribution is 5.37. The van der Waals surface area contributed by atoms with Crippen LogP contribution in [0.3, 0.4) is 0 Å². The maximum absolute atomic E-state index is 5.08. The number of nitrogens with zero attached hydrogens (tertiary/aromatic N) is 4. The van der Waals surface area contributed by atoms with Crippen LogP contribution in [0.2, 0.25) is 0 Å². The molecule has 0 fully saturated rings. The van der Waals surface area contributed by atoms with Gasteiger partial charge in [0.2, 0.25) is 11.9 Å². The Bertz CT molecular complexity index is 524. The van der Waals surface area contributed by atoms with E-state index in [1.807, 2.05) is 30.1 Å². The molecule has 1 aromatic carbocycles. The standard InChI is InChI=1S/C14H19N5O/c1-15-12-16-13(18-14(17-12)20-3)19(2)10-9-11-7-5-4-6-8-11/h4-8H,9-10H2,1-3H3,(H,15,16,17,18). The fourth-order valence-electron chi connectivity index (χ4n) is 1.76. The zero-order chi connectivity index (χ0) is 14.4. The molecule has 20 heavy (non-hydrogen) atoms. The van der Waals surface area contributed by atoms with Crippen LogP contribution in [-0.2, 0) is 6.42 Å². The van der Waals surface area contributed by atoms with E-state index in [0.29, 0.717) is 17.9 Å². The molecule has 6 nitrogen and oxygen atoms in total. The van der Waals surface area contributed by atoms with Gasteiger partial charge in [0.05, 0.1) is 7.11 Å². The second-order valence-corrected chi connectivity index (χ2v) is 4.35. The Hall–Kier alpha value is -2.37. The van der Waals surface area contributed by atoms with Gasteiger partial charge in [-0.3, -0.25) is 0 Å². The molecule has 0 unspecified atom stereocenters. The van der Waals surface area contributed by atoms with E-state index >= 15 is 0 Å². The maximum Gasteiger partial charge on any atom is 0.322 e. The summed E-state index contributed by atoms with van der Waals surface area (Å²) >= 11 is 0. The molecule has 1 N–H and O–H groups in total. The van der Waals surface area contributed by atoms with Gasteiger partial charge >= 0.3 is 6.01 Å². The molecule has 0 radical (unpaired) electrons. The number of nitrogens with one attached hydrogen (secondary N) is 1. The molecule has 1 aromatic heterocycles. The van der Waals surface area contributed by atoms with E-state index in [9.17, 15) is 0 Å². The summed E-state index contributed by atoms with van der Waals surface area (Å²) in [6, 6.07) is 10.6. The number of ether oxygens (including phenoxy) is 1. The smallest absolute Gasteiger partial charge is 0.322 e. The minimum absolute atomic E-state index is 0.311. The molecule has 1 heterocycles. The molecule has 0 atom stereocenters. The van der Waals surface area contributed by atoms with Crippen molar-refractivity contribution in [2.24, 2.45) is 0 Å². The van der Waals surface area contributed by atoms with Crippen LogP contribution >= 0.6 is 0 Å². The summed E-state index contributed by atoms with van der Waals surface area (Å²) in [6.07, 6.45) is 0.931. The molecule has 0 saturated carbocycles. The summed E-state index contributed by atoms with van der Waals surface area (Å²) in [5.41, 5.74) is 1.29. The van der Waals surface area contributed by atoms with Gasteiger partial charge in [0.15, 0.2) is 0 Å². The van der Waals surface area contributed by atoms with Crippen molar-refractivity contribution in [3.05, 3.63) is 35.9 Å². The third-order valence-electron chi connectivity index (χ3n) is 2.93. The summed E-state index contributed by atoms with van der Waals surface area (Å²) in [5.74, 6) is 1.09. The van der Waals surface area contributed by atoms with Gasteiger partial charge in [0.25, 0.3) is 0 Å². The lowest BCUT2D eigenvalue weighted by Gasteiger charge is -2.17. The first-order valence-electron chi connectivity index (χ1n) is 6.46. The molecule has 0 aliphatic rings. The van der Waals surface area contributed by atoms with Gasteiger partial charge in [-0.25, -0.2) is 0 Å². The fourth-order valence-corrected chi connectivity index (χ4v) is 1.76. The Kier molecular flexibility index (Phi) is 4.70. The van der Waals surface area contributed by atoms with E-state index in [-0.39, 0.29) is 0 Å². The predicted octanol–water partition coefficient (Wildman–Crippen LogP) is 1.60. The molecule has 0 saturated heterocycles.